The highest BCUT2D eigenvalue weighted by Crippen LogP contribution is 2.36. The van der Waals surface area contributed by atoms with Crippen LogP contribution in [0.15, 0.2) is 64.9 Å². The summed E-state index contributed by atoms with van der Waals surface area (Å²) in [4.78, 5) is 25.9. The molecule has 1 aliphatic rings. The Morgan fingerprint density at radius 2 is 1.69 bits per heavy atom. The zero-order valence-electron chi connectivity index (χ0n) is 20.3. The van der Waals surface area contributed by atoms with E-state index in [4.69, 9.17) is 9.47 Å². The molecule has 0 spiro atoms. The van der Waals surface area contributed by atoms with Crippen LogP contribution in [0.5, 0.6) is 0 Å². The number of hydrogen-bond donors (Lipinski definition) is 1. The number of anilines is 1. The fourth-order valence-electron chi connectivity index (χ4n) is 4.12. The lowest BCUT2D eigenvalue weighted by Crippen LogP contribution is -2.48. The van der Waals surface area contributed by atoms with Crippen LogP contribution in [0.2, 0.25) is 0 Å². The summed E-state index contributed by atoms with van der Waals surface area (Å²) in [5.74, 6) is -0.983. The molecule has 0 radical (unpaired) electrons. The molecule has 36 heavy (non-hydrogen) atoms. The Kier molecular flexibility index (Phi) is 7.89. The maximum Gasteiger partial charge on any atom is 0.341 e. The molecular weight excluding hydrogens is 500 g/mol. The maximum absolute atomic E-state index is 13.1. The maximum atomic E-state index is 13.1. The fraction of sp³-hybridized carbons (Fsp3) is 0.308. The van der Waals surface area contributed by atoms with Crippen LogP contribution in [0, 0.1) is 0 Å². The van der Waals surface area contributed by atoms with Crippen LogP contribution in [-0.2, 0) is 19.5 Å². The normalized spacial score (nSPS) is 18.5. The van der Waals surface area contributed by atoms with E-state index in [2.05, 4.69) is 5.32 Å². The predicted octanol–water partition coefficient (Wildman–Crippen LogP) is 4.64. The first-order valence-electron chi connectivity index (χ1n) is 11.6. The Hall–Kier alpha value is -3.05. The van der Waals surface area contributed by atoms with Crippen molar-refractivity contribution in [3.63, 3.8) is 0 Å². The van der Waals surface area contributed by atoms with Gasteiger partial charge in [-0.05, 0) is 50.6 Å². The molecule has 1 saturated heterocycles. The summed E-state index contributed by atoms with van der Waals surface area (Å²) < 4.78 is 38.5. The number of sulfonamides is 1. The molecule has 1 amide bonds. The lowest BCUT2D eigenvalue weighted by atomic mass is 10.0. The summed E-state index contributed by atoms with van der Waals surface area (Å²) in [6, 6.07) is 15.2. The highest BCUT2D eigenvalue weighted by Gasteiger charge is 2.32. The predicted molar refractivity (Wildman–Crippen MR) is 139 cm³/mol. The third-order valence-corrected chi connectivity index (χ3v) is 8.46. The number of thiophene rings is 1. The van der Waals surface area contributed by atoms with Crippen LogP contribution in [0.3, 0.4) is 0 Å². The van der Waals surface area contributed by atoms with Gasteiger partial charge in [0.25, 0.3) is 5.91 Å². The van der Waals surface area contributed by atoms with E-state index in [1.54, 1.807) is 12.3 Å². The lowest BCUT2D eigenvalue weighted by Gasteiger charge is -2.34. The zero-order valence-corrected chi connectivity index (χ0v) is 21.9. The van der Waals surface area contributed by atoms with Gasteiger partial charge in [0.2, 0.25) is 10.0 Å². The summed E-state index contributed by atoms with van der Waals surface area (Å²) in [5.41, 5.74) is 2.06. The zero-order chi connectivity index (χ0) is 25.9. The number of nitrogens with one attached hydrogen (secondary N) is 1. The SMILES string of the molecule is CCOC(=O)c1c(-c2ccccc2)csc1NC(=O)c1ccc(S(=O)(=O)N2C[C@@H](C)O[C@H](C)C2)cc1. The average molecular weight is 529 g/mol. The first-order valence-corrected chi connectivity index (χ1v) is 13.9. The van der Waals surface area contributed by atoms with Gasteiger partial charge in [-0.25, -0.2) is 13.2 Å². The topological polar surface area (TPSA) is 102 Å². The van der Waals surface area contributed by atoms with Crippen molar-refractivity contribution in [3.05, 3.63) is 71.1 Å². The van der Waals surface area contributed by atoms with Crippen molar-refractivity contribution in [2.45, 2.75) is 37.9 Å². The van der Waals surface area contributed by atoms with Crippen LogP contribution >= 0.6 is 11.3 Å². The molecule has 1 fully saturated rings. The van der Waals surface area contributed by atoms with Crippen molar-refractivity contribution in [3.8, 4) is 11.1 Å². The molecule has 10 heteroatoms. The van der Waals surface area contributed by atoms with Gasteiger partial charge in [0.1, 0.15) is 10.6 Å². The van der Waals surface area contributed by atoms with Gasteiger partial charge in [-0.1, -0.05) is 30.3 Å². The fourth-order valence-corrected chi connectivity index (χ4v) is 6.66. The Morgan fingerprint density at radius 3 is 2.31 bits per heavy atom. The van der Waals surface area contributed by atoms with Crippen molar-refractivity contribution < 1.29 is 27.5 Å². The van der Waals surface area contributed by atoms with Gasteiger partial charge < -0.3 is 14.8 Å². The molecule has 4 rings (SSSR count). The summed E-state index contributed by atoms with van der Waals surface area (Å²) in [6.45, 7) is 6.14. The molecule has 8 nitrogen and oxygen atoms in total. The van der Waals surface area contributed by atoms with E-state index < -0.39 is 21.9 Å². The summed E-state index contributed by atoms with van der Waals surface area (Å²) in [5, 5.41) is 4.96. The van der Waals surface area contributed by atoms with Gasteiger partial charge in [-0.2, -0.15) is 4.31 Å². The number of hydrogen-bond acceptors (Lipinski definition) is 7. The summed E-state index contributed by atoms with van der Waals surface area (Å²) in [7, 11) is -3.72. The molecule has 0 saturated carbocycles. The van der Waals surface area contributed by atoms with Crippen LogP contribution in [0.25, 0.3) is 11.1 Å². The van der Waals surface area contributed by atoms with Crippen LogP contribution < -0.4 is 5.32 Å². The molecule has 3 aromatic rings. The van der Waals surface area contributed by atoms with Crippen molar-refractivity contribution in [2.24, 2.45) is 0 Å². The second-order valence-corrected chi connectivity index (χ2v) is 11.3. The first kappa shape index (κ1) is 26.0. The molecule has 190 valence electrons. The first-order chi connectivity index (χ1) is 17.2. The van der Waals surface area contributed by atoms with Gasteiger partial charge in [-0.15, -0.1) is 11.3 Å². The third kappa shape index (κ3) is 5.52. The second kappa shape index (κ2) is 10.9. The molecule has 1 aromatic heterocycles. The largest absolute Gasteiger partial charge is 0.462 e. The Balaban J connectivity index is 1.56. The highest BCUT2D eigenvalue weighted by molar-refractivity contribution is 7.89. The Bertz CT molecular complexity index is 1330. The van der Waals surface area contributed by atoms with Crippen LogP contribution in [-0.4, -0.2) is 56.5 Å². The van der Waals surface area contributed by atoms with E-state index in [0.29, 0.717) is 10.6 Å². The molecule has 1 N–H and O–H groups in total. The molecule has 2 heterocycles. The third-order valence-electron chi connectivity index (χ3n) is 5.72. The van der Waals surface area contributed by atoms with Gasteiger partial charge >= 0.3 is 5.97 Å². The van der Waals surface area contributed by atoms with E-state index in [1.165, 1.54) is 39.9 Å². The molecule has 0 unspecified atom stereocenters. The van der Waals surface area contributed by atoms with Gasteiger partial charge in [0.05, 0.1) is 23.7 Å². The van der Waals surface area contributed by atoms with E-state index in [-0.39, 0.29) is 47.9 Å². The van der Waals surface area contributed by atoms with E-state index in [0.717, 1.165) is 5.56 Å². The number of nitrogens with zero attached hydrogens (tertiary/aromatic N) is 1. The van der Waals surface area contributed by atoms with Gasteiger partial charge in [-0.3, -0.25) is 4.79 Å². The van der Waals surface area contributed by atoms with Gasteiger partial charge in [0.15, 0.2) is 0 Å². The summed E-state index contributed by atoms with van der Waals surface area (Å²) >= 11 is 1.23. The number of esters is 1. The highest BCUT2D eigenvalue weighted by atomic mass is 32.2. The molecule has 0 aliphatic carbocycles. The van der Waals surface area contributed by atoms with Crippen molar-refractivity contribution in [2.75, 3.05) is 25.0 Å². The Labute approximate surface area is 214 Å². The molecule has 1 aliphatic heterocycles. The summed E-state index contributed by atoms with van der Waals surface area (Å²) in [6.07, 6.45) is -0.400. The number of morpholine rings is 1. The number of benzene rings is 2. The van der Waals surface area contributed by atoms with Crippen molar-refractivity contribution in [1.82, 2.24) is 4.31 Å². The minimum atomic E-state index is -3.72. The molecule has 2 aromatic carbocycles. The standard InChI is InChI=1S/C26H28N2O6S2/c1-4-33-26(30)23-22(19-8-6-5-7-9-19)16-35-25(23)27-24(29)20-10-12-21(13-11-20)36(31,32)28-14-17(2)34-18(3)15-28/h5-13,16-18H,4,14-15H2,1-3H3,(H,27,29)/t17-,18-/m1/s1. The Morgan fingerprint density at radius 1 is 1.06 bits per heavy atom. The minimum Gasteiger partial charge on any atom is -0.462 e. The van der Waals surface area contributed by atoms with Crippen LogP contribution in [0.1, 0.15) is 41.5 Å². The van der Waals surface area contributed by atoms with Crippen molar-refractivity contribution in [1.29, 1.82) is 0 Å². The molecular formula is C26H28N2O6S2. The van der Waals surface area contributed by atoms with Crippen molar-refractivity contribution >= 4 is 38.2 Å². The molecule has 2 atom stereocenters. The number of rotatable bonds is 7. The molecule has 0 bridgehead atoms. The number of ether oxygens (including phenoxy) is 2. The van der Waals surface area contributed by atoms with E-state index >= 15 is 0 Å². The quantitative estimate of drug-likeness (QED) is 0.448. The lowest BCUT2D eigenvalue weighted by molar-refractivity contribution is -0.0440. The average Bonchev–Trinajstić information content (AvgIpc) is 3.28. The number of carbonyl (C=O) groups is 2. The van der Waals surface area contributed by atoms with Gasteiger partial charge in [0, 0.05) is 29.6 Å². The van der Waals surface area contributed by atoms with Crippen LogP contribution in [0.4, 0.5) is 5.00 Å². The van der Waals surface area contributed by atoms with E-state index in [1.807, 2.05) is 44.2 Å². The minimum absolute atomic E-state index is 0.107. The smallest absolute Gasteiger partial charge is 0.341 e. The second-order valence-electron chi connectivity index (χ2n) is 8.50. The number of amides is 1. The van der Waals surface area contributed by atoms with E-state index in [9.17, 15) is 18.0 Å². The monoisotopic (exact) mass is 528 g/mol. The number of carbonyl (C=O) groups excluding carboxylic acids is 2.